The van der Waals surface area contributed by atoms with Gasteiger partial charge in [0.25, 0.3) is 5.91 Å². The number of benzene rings is 1. The van der Waals surface area contributed by atoms with Crippen molar-refractivity contribution in [2.75, 3.05) is 19.5 Å². The molecule has 0 fully saturated rings. The van der Waals surface area contributed by atoms with Gasteiger partial charge in [0.15, 0.2) is 17.3 Å². The molecule has 0 spiro atoms. The summed E-state index contributed by atoms with van der Waals surface area (Å²) in [5.74, 6) is -0.443. The second-order valence-corrected chi connectivity index (χ2v) is 4.83. The van der Waals surface area contributed by atoms with Crippen LogP contribution in [0, 0.1) is 10.1 Å². The molecule has 0 aliphatic heterocycles. The fourth-order valence-corrected chi connectivity index (χ4v) is 2.07. The highest BCUT2D eigenvalue weighted by atomic mass is 16.6. The van der Waals surface area contributed by atoms with Gasteiger partial charge in [-0.25, -0.2) is 0 Å². The van der Waals surface area contributed by atoms with Crippen molar-refractivity contribution in [2.45, 2.75) is 0 Å². The Hall–Kier alpha value is -3.89. The van der Waals surface area contributed by atoms with Gasteiger partial charge in [0.1, 0.15) is 4.92 Å². The molecule has 0 saturated heterocycles. The second-order valence-electron chi connectivity index (χ2n) is 4.83. The van der Waals surface area contributed by atoms with Crippen molar-refractivity contribution in [1.82, 2.24) is 10.2 Å². The molecule has 0 aliphatic rings. The van der Waals surface area contributed by atoms with E-state index >= 15 is 0 Å². The lowest BCUT2D eigenvalue weighted by atomic mass is 10.2. The molecular weight excluding hydrogens is 348 g/mol. The molecule has 0 radical (unpaired) electrons. The van der Waals surface area contributed by atoms with E-state index in [0.717, 1.165) is 6.07 Å². The Labute approximate surface area is 145 Å². The second kappa shape index (κ2) is 6.93. The molecule has 2 heterocycles. The average molecular weight is 360 g/mol. The van der Waals surface area contributed by atoms with Crippen LogP contribution in [0.5, 0.6) is 11.5 Å². The van der Waals surface area contributed by atoms with Crippen molar-refractivity contribution >= 4 is 17.8 Å². The summed E-state index contributed by atoms with van der Waals surface area (Å²) in [5, 5.41) is 20.4. The van der Waals surface area contributed by atoms with Crippen molar-refractivity contribution < 1.29 is 28.0 Å². The summed E-state index contributed by atoms with van der Waals surface area (Å²) in [6.07, 6.45) is 0. The number of nitrogens with zero attached hydrogens (tertiary/aromatic N) is 3. The maximum atomic E-state index is 12.0. The monoisotopic (exact) mass is 360 g/mol. The molecule has 3 aromatic rings. The zero-order valence-corrected chi connectivity index (χ0v) is 13.6. The number of methoxy groups -OCH3 is 2. The van der Waals surface area contributed by atoms with E-state index in [1.54, 1.807) is 18.2 Å². The number of ether oxygens (including phenoxy) is 2. The highest BCUT2D eigenvalue weighted by Gasteiger charge is 2.20. The lowest BCUT2D eigenvalue weighted by Gasteiger charge is -2.07. The fourth-order valence-electron chi connectivity index (χ4n) is 2.07. The Balaban J connectivity index is 1.77. The van der Waals surface area contributed by atoms with Gasteiger partial charge in [0, 0.05) is 5.56 Å². The first-order valence-electron chi connectivity index (χ1n) is 7.13. The van der Waals surface area contributed by atoms with Crippen molar-refractivity contribution in [1.29, 1.82) is 0 Å². The van der Waals surface area contributed by atoms with Gasteiger partial charge in [-0.2, -0.15) is 0 Å². The van der Waals surface area contributed by atoms with Crippen LogP contribution in [0.3, 0.4) is 0 Å². The van der Waals surface area contributed by atoms with E-state index in [2.05, 4.69) is 15.5 Å². The van der Waals surface area contributed by atoms with Crippen LogP contribution < -0.4 is 14.8 Å². The Morgan fingerprint density at radius 1 is 1.12 bits per heavy atom. The smallest absolute Gasteiger partial charge is 0.433 e. The number of carbonyl (C=O) groups excluding carboxylic acids is 1. The van der Waals surface area contributed by atoms with E-state index in [-0.39, 0.29) is 17.7 Å². The normalized spacial score (nSPS) is 10.4. The molecule has 11 heteroatoms. The fraction of sp³-hybridized carbons (Fsp3) is 0.133. The maximum absolute atomic E-state index is 12.0. The van der Waals surface area contributed by atoms with Gasteiger partial charge in [-0.1, -0.05) is 5.10 Å². The predicted octanol–water partition coefficient (Wildman–Crippen LogP) is 2.51. The number of nitrogens with one attached hydrogen (secondary N) is 1. The van der Waals surface area contributed by atoms with Crippen molar-refractivity contribution in [3.8, 4) is 23.0 Å². The summed E-state index contributed by atoms with van der Waals surface area (Å²) in [4.78, 5) is 21.8. The summed E-state index contributed by atoms with van der Waals surface area (Å²) in [6.45, 7) is 0. The van der Waals surface area contributed by atoms with Gasteiger partial charge in [0.05, 0.1) is 20.3 Å². The molecule has 1 amide bonds. The molecule has 0 aliphatic carbocycles. The van der Waals surface area contributed by atoms with Gasteiger partial charge in [-0.05, 0) is 24.3 Å². The minimum Gasteiger partial charge on any atom is -0.493 e. The number of hydrogen-bond acceptors (Lipinski definition) is 9. The van der Waals surface area contributed by atoms with Crippen LogP contribution in [0.15, 0.2) is 39.2 Å². The molecule has 11 nitrogen and oxygen atoms in total. The summed E-state index contributed by atoms with van der Waals surface area (Å²) < 4.78 is 20.5. The summed E-state index contributed by atoms with van der Waals surface area (Å²) in [7, 11) is 3.00. The zero-order chi connectivity index (χ0) is 18.7. The van der Waals surface area contributed by atoms with Gasteiger partial charge in [-0.15, -0.1) is 5.10 Å². The molecule has 0 saturated carbocycles. The van der Waals surface area contributed by atoms with Crippen LogP contribution in [0.1, 0.15) is 10.6 Å². The first-order valence-corrected chi connectivity index (χ1v) is 7.13. The lowest BCUT2D eigenvalue weighted by Crippen LogP contribution is -2.11. The molecule has 3 rings (SSSR count). The molecule has 134 valence electrons. The molecule has 1 aromatic carbocycles. The number of carbonyl (C=O) groups is 1. The number of nitro groups is 1. The Morgan fingerprint density at radius 2 is 1.88 bits per heavy atom. The van der Waals surface area contributed by atoms with Crippen LogP contribution in [0.4, 0.5) is 11.9 Å². The molecule has 1 N–H and O–H groups in total. The van der Waals surface area contributed by atoms with Crippen LogP contribution in [0.2, 0.25) is 0 Å². The quantitative estimate of drug-likeness (QED) is 0.518. The topological polar surface area (TPSA) is 143 Å². The third-order valence-electron chi connectivity index (χ3n) is 3.27. The third-order valence-corrected chi connectivity index (χ3v) is 3.27. The van der Waals surface area contributed by atoms with E-state index in [4.69, 9.17) is 18.3 Å². The molecule has 0 atom stereocenters. The van der Waals surface area contributed by atoms with Crippen molar-refractivity contribution in [2.24, 2.45) is 0 Å². The average Bonchev–Trinajstić information content (AvgIpc) is 3.30. The zero-order valence-electron chi connectivity index (χ0n) is 13.6. The van der Waals surface area contributed by atoms with E-state index in [1.165, 1.54) is 20.3 Å². The van der Waals surface area contributed by atoms with E-state index in [9.17, 15) is 14.9 Å². The summed E-state index contributed by atoms with van der Waals surface area (Å²) >= 11 is 0. The molecule has 0 unspecified atom stereocenters. The SMILES string of the molecule is COc1ccc(-c2nnc(NC(=O)c3ccc([N+](=O)[O-])o3)o2)cc1OC. The Bertz CT molecular complexity index is 963. The van der Waals surface area contributed by atoms with Gasteiger partial charge in [-0.3, -0.25) is 20.2 Å². The largest absolute Gasteiger partial charge is 0.493 e. The van der Waals surface area contributed by atoms with Crippen molar-refractivity contribution in [3.63, 3.8) is 0 Å². The van der Waals surface area contributed by atoms with E-state index in [0.29, 0.717) is 17.1 Å². The number of anilines is 1. The molecule has 0 bridgehead atoms. The Kier molecular flexibility index (Phi) is 4.51. The molecular formula is C15H12N4O7. The summed E-state index contributed by atoms with van der Waals surface area (Å²) in [6, 6.07) is 7.01. The highest BCUT2D eigenvalue weighted by molar-refractivity contribution is 6.01. The van der Waals surface area contributed by atoms with Crippen LogP contribution in [-0.4, -0.2) is 35.2 Å². The molecule has 26 heavy (non-hydrogen) atoms. The van der Waals surface area contributed by atoms with Gasteiger partial charge in [0.2, 0.25) is 5.89 Å². The van der Waals surface area contributed by atoms with Crippen LogP contribution in [0.25, 0.3) is 11.5 Å². The third kappa shape index (κ3) is 3.31. The number of hydrogen-bond donors (Lipinski definition) is 1. The van der Waals surface area contributed by atoms with Crippen LogP contribution >= 0.6 is 0 Å². The number of furan rings is 1. The number of aromatic nitrogens is 2. The lowest BCUT2D eigenvalue weighted by molar-refractivity contribution is -0.402. The highest BCUT2D eigenvalue weighted by Crippen LogP contribution is 2.32. The van der Waals surface area contributed by atoms with Gasteiger partial charge >= 0.3 is 11.9 Å². The van der Waals surface area contributed by atoms with Crippen molar-refractivity contribution in [3.05, 3.63) is 46.2 Å². The number of rotatable bonds is 6. The first kappa shape index (κ1) is 17.0. The maximum Gasteiger partial charge on any atom is 0.433 e. The standard InChI is InChI=1S/C15H12N4O7/c1-23-9-4-3-8(7-11(9)24-2)14-17-18-15(26-14)16-13(20)10-5-6-12(25-10)19(21)22/h3-7H,1-2H3,(H,16,18,20). The summed E-state index contributed by atoms with van der Waals surface area (Å²) in [5.41, 5.74) is 0.546. The minimum atomic E-state index is -0.763. The number of amides is 1. The molecule has 2 aromatic heterocycles. The predicted molar refractivity (Wildman–Crippen MR) is 86.2 cm³/mol. The van der Waals surface area contributed by atoms with Crippen LogP contribution in [-0.2, 0) is 0 Å². The minimum absolute atomic E-state index is 0.131. The first-order chi connectivity index (χ1) is 12.5. The van der Waals surface area contributed by atoms with E-state index in [1.807, 2.05) is 0 Å². The van der Waals surface area contributed by atoms with Gasteiger partial charge < -0.3 is 18.3 Å². The van der Waals surface area contributed by atoms with E-state index < -0.39 is 16.7 Å². The Morgan fingerprint density at radius 3 is 2.54 bits per heavy atom.